The van der Waals surface area contributed by atoms with Gasteiger partial charge >= 0.3 is 0 Å². The van der Waals surface area contributed by atoms with E-state index in [1.54, 1.807) is 0 Å². The predicted molar refractivity (Wildman–Crippen MR) is 52.6 cm³/mol. The third kappa shape index (κ3) is 0.954. The Bertz CT molecular complexity index is 488. The highest BCUT2D eigenvalue weighted by atomic mass is 16.5. The van der Waals surface area contributed by atoms with Gasteiger partial charge < -0.3 is 4.74 Å². The summed E-state index contributed by atoms with van der Waals surface area (Å²) < 4.78 is 7.67. The van der Waals surface area contributed by atoms with Crippen LogP contribution in [0.5, 0.6) is 5.75 Å². The Morgan fingerprint density at radius 1 is 1.36 bits per heavy atom. The van der Waals surface area contributed by atoms with Crippen LogP contribution in [0.4, 0.5) is 0 Å². The van der Waals surface area contributed by atoms with Gasteiger partial charge in [-0.2, -0.15) is 0 Å². The van der Waals surface area contributed by atoms with E-state index < -0.39 is 0 Å². The Balaban J connectivity index is 2.28. The molecule has 3 heteroatoms. The van der Waals surface area contributed by atoms with Gasteiger partial charge in [-0.25, -0.2) is 4.98 Å². The SMILES string of the molecule is Cc1cn2c(n1)COc1ccccc1-2. The topological polar surface area (TPSA) is 27.1 Å². The monoisotopic (exact) mass is 186 g/mol. The molecule has 1 aromatic carbocycles. The number of benzene rings is 1. The number of hydrogen-bond acceptors (Lipinski definition) is 2. The highest BCUT2D eigenvalue weighted by Crippen LogP contribution is 2.28. The summed E-state index contributed by atoms with van der Waals surface area (Å²) in [7, 11) is 0. The number of rotatable bonds is 0. The molecule has 0 amide bonds. The lowest BCUT2D eigenvalue weighted by Gasteiger charge is -2.18. The van der Waals surface area contributed by atoms with Gasteiger partial charge in [-0.3, -0.25) is 4.57 Å². The van der Waals surface area contributed by atoms with Crippen molar-refractivity contribution >= 4 is 0 Å². The number of ether oxygens (including phenoxy) is 1. The number of aryl methyl sites for hydroxylation is 1. The molecule has 0 radical (unpaired) electrons. The molecule has 0 fully saturated rings. The predicted octanol–water partition coefficient (Wildman–Crippen LogP) is 2.07. The Kier molecular flexibility index (Phi) is 1.42. The molecular formula is C11H10N2O. The summed E-state index contributed by atoms with van der Waals surface area (Å²) in [6.45, 7) is 2.55. The summed E-state index contributed by atoms with van der Waals surface area (Å²) in [6, 6.07) is 8.01. The molecule has 0 saturated heterocycles. The molecule has 1 aromatic heterocycles. The van der Waals surface area contributed by atoms with Crippen molar-refractivity contribution in [1.29, 1.82) is 0 Å². The molecule has 0 unspecified atom stereocenters. The Morgan fingerprint density at radius 2 is 2.21 bits per heavy atom. The van der Waals surface area contributed by atoms with E-state index in [1.807, 2.05) is 37.4 Å². The third-order valence-electron chi connectivity index (χ3n) is 2.38. The standard InChI is InChI=1S/C11H10N2O/c1-8-6-13-9-4-2-3-5-10(9)14-7-11(13)12-8/h2-6H,7H2,1H3. The average molecular weight is 186 g/mol. The average Bonchev–Trinajstić information content (AvgIpc) is 2.59. The third-order valence-corrected chi connectivity index (χ3v) is 2.38. The molecule has 1 aliphatic heterocycles. The van der Waals surface area contributed by atoms with Crippen LogP contribution in [0.25, 0.3) is 5.69 Å². The highest BCUT2D eigenvalue weighted by molar-refractivity contribution is 5.49. The van der Waals surface area contributed by atoms with Gasteiger partial charge in [-0.05, 0) is 19.1 Å². The van der Waals surface area contributed by atoms with Gasteiger partial charge in [0.1, 0.15) is 12.4 Å². The molecule has 3 rings (SSSR count). The number of hydrogen-bond donors (Lipinski definition) is 0. The van der Waals surface area contributed by atoms with Crippen molar-refractivity contribution in [3.05, 3.63) is 42.0 Å². The van der Waals surface area contributed by atoms with Crippen LogP contribution in [0.15, 0.2) is 30.5 Å². The molecular weight excluding hydrogens is 176 g/mol. The van der Waals surface area contributed by atoms with E-state index in [1.165, 1.54) is 0 Å². The zero-order valence-electron chi connectivity index (χ0n) is 7.90. The zero-order valence-corrected chi connectivity index (χ0v) is 7.90. The van der Waals surface area contributed by atoms with E-state index in [2.05, 4.69) is 9.55 Å². The normalized spacial score (nSPS) is 12.9. The minimum Gasteiger partial charge on any atom is -0.483 e. The first-order chi connectivity index (χ1) is 6.84. The number of fused-ring (bicyclic) bond motifs is 3. The highest BCUT2D eigenvalue weighted by Gasteiger charge is 2.16. The number of para-hydroxylation sites is 2. The van der Waals surface area contributed by atoms with Gasteiger partial charge in [-0.15, -0.1) is 0 Å². The Hall–Kier alpha value is -1.77. The molecule has 0 spiro atoms. The zero-order chi connectivity index (χ0) is 9.54. The molecule has 2 aromatic rings. The first kappa shape index (κ1) is 7.62. The summed E-state index contributed by atoms with van der Waals surface area (Å²) in [5.74, 6) is 1.90. The lowest BCUT2D eigenvalue weighted by Crippen LogP contribution is -2.12. The molecule has 0 saturated carbocycles. The van der Waals surface area contributed by atoms with Crippen LogP contribution in [0.1, 0.15) is 11.5 Å². The molecule has 1 aliphatic rings. The van der Waals surface area contributed by atoms with Crippen molar-refractivity contribution in [1.82, 2.24) is 9.55 Å². The van der Waals surface area contributed by atoms with Gasteiger partial charge in [0.15, 0.2) is 5.82 Å². The maximum atomic E-state index is 5.58. The first-order valence-electron chi connectivity index (χ1n) is 4.62. The van der Waals surface area contributed by atoms with Crippen molar-refractivity contribution in [3.63, 3.8) is 0 Å². The minimum atomic E-state index is 0.560. The van der Waals surface area contributed by atoms with E-state index in [0.29, 0.717) is 6.61 Å². The van der Waals surface area contributed by atoms with E-state index in [9.17, 15) is 0 Å². The second kappa shape index (κ2) is 2.61. The second-order valence-corrected chi connectivity index (χ2v) is 3.42. The van der Waals surface area contributed by atoms with Crippen LogP contribution in [0, 0.1) is 6.92 Å². The van der Waals surface area contributed by atoms with Crippen LogP contribution < -0.4 is 4.74 Å². The lowest BCUT2D eigenvalue weighted by atomic mass is 10.2. The van der Waals surface area contributed by atoms with Crippen molar-refractivity contribution in [3.8, 4) is 11.4 Å². The number of aromatic nitrogens is 2. The Labute approximate surface area is 82.0 Å². The van der Waals surface area contributed by atoms with Crippen LogP contribution in [0.2, 0.25) is 0 Å². The molecule has 0 bridgehead atoms. The summed E-state index contributed by atoms with van der Waals surface area (Å²) in [6.07, 6.45) is 2.04. The van der Waals surface area contributed by atoms with Crippen LogP contribution >= 0.6 is 0 Å². The van der Waals surface area contributed by atoms with Gasteiger partial charge in [0.25, 0.3) is 0 Å². The van der Waals surface area contributed by atoms with Crippen LogP contribution in [-0.4, -0.2) is 9.55 Å². The van der Waals surface area contributed by atoms with Gasteiger partial charge in [-0.1, -0.05) is 12.1 Å². The fourth-order valence-corrected chi connectivity index (χ4v) is 1.78. The summed E-state index contributed by atoms with van der Waals surface area (Å²) in [4.78, 5) is 4.39. The molecule has 0 atom stereocenters. The van der Waals surface area contributed by atoms with Crippen molar-refractivity contribution < 1.29 is 4.74 Å². The summed E-state index contributed by atoms with van der Waals surface area (Å²) in [5.41, 5.74) is 2.11. The van der Waals surface area contributed by atoms with Crippen molar-refractivity contribution in [2.75, 3.05) is 0 Å². The van der Waals surface area contributed by atoms with Crippen molar-refractivity contribution in [2.45, 2.75) is 13.5 Å². The molecule has 3 nitrogen and oxygen atoms in total. The molecule has 0 N–H and O–H groups in total. The smallest absolute Gasteiger partial charge is 0.151 e. The van der Waals surface area contributed by atoms with E-state index in [-0.39, 0.29) is 0 Å². The van der Waals surface area contributed by atoms with Crippen LogP contribution in [0.3, 0.4) is 0 Å². The first-order valence-corrected chi connectivity index (χ1v) is 4.62. The van der Waals surface area contributed by atoms with E-state index >= 15 is 0 Å². The lowest BCUT2D eigenvalue weighted by molar-refractivity contribution is 0.279. The largest absolute Gasteiger partial charge is 0.483 e. The quantitative estimate of drug-likeness (QED) is 0.629. The minimum absolute atomic E-state index is 0.560. The molecule has 14 heavy (non-hydrogen) atoms. The van der Waals surface area contributed by atoms with Crippen molar-refractivity contribution in [2.24, 2.45) is 0 Å². The maximum absolute atomic E-state index is 5.58. The van der Waals surface area contributed by atoms with Gasteiger partial charge in [0.05, 0.1) is 11.4 Å². The van der Waals surface area contributed by atoms with Crippen LogP contribution in [-0.2, 0) is 6.61 Å². The molecule has 0 aliphatic carbocycles. The number of imidazole rings is 1. The Morgan fingerprint density at radius 3 is 3.14 bits per heavy atom. The molecule has 2 heterocycles. The van der Waals surface area contributed by atoms with Gasteiger partial charge in [0.2, 0.25) is 0 Å². The molecule has 70 valence electrons. The fourth-order valence-electron chi connectivity index (χ4n) is 1.78. The fraction of sp³-hybridized carbons (Fsp3) is 0.182. The van der Waals surface area contributed by atoms with E-state index in [0.717, 1.165) is 23.0 Å². The van der Waals surface area contributed by atoms with E-state index in [4.69, 9.17) is 4.74 Å². The summed E-state index contributed by atoms with van der Waals surface area (Å²) >= 11 is 0. The maximum Gasteiger partial charge on any atom is 0.151 e. The number of nitrogens with zero attached hydrogens (tertiary/aromatic N) is 2. The van der Waals surface area contributed by atoms with Gasteiger partial charge in [0, 0.05) is 6.20 Å². The summed E-state index contributed by atoms with van der Waals surface area (Å²) in [5, 5.41) is 0. The second-order valence-electron chi connectivity index (χ2n) is 3.42.